The van der Waals surface area contributed by atoms with Crippen molar-refractivity contribution in [3.05, 3.63) is 48.7 Å². The molecule has 21 heavy (non-hydrogen) atoms. The number of nitrogens with zero attached hydrogens (tertiary/aromatic N) is 2. The van der Waals surface area contributed by atoms with Gasteiger partial charge in [0.15, 0.2) is 5.96 Å². The Labute approximate surface area is 126 Å². The number of aliphatic imine (C=N–C) groups is 1. The Morgan fingerprint density at radius 1 is 1.43 bits per heavy atom. The zero-order chi connectivity index (χ0) is 15.1. The molecule has 1 N–H and O–H groups in total. The maximum absolute atomic E-state index is 5.79. The van der Waals surface area contributed by atoms with Crippen LogP contribution in [0.3, 0.4) is 0 Å². The van der Waals surface area contributed by atoms with Gasteiger partial charge in [0.2, 0.25) is 0 Å². The first kappa shape index (κ1) is 15.2. The van der Waals surface area contributed by atoms with E-state index in [0.717, 1.165) is 42.1 Å². The van der Waals surface area contributed by atoms with E-state index >= 15 is 0 Å². The van der Waals surface area contributed by atoms with E-state index in [0.29, 0.717) is 6.54 Å². The van der Waals surface area contributed by atoms with Gasteiger partial charge in [-0.25, -0.2) is 0 Å². The Morgan fingerprint density at radius 2 is 2.24 bits per heavy atom. The van der Waals surface area contributed by atoms with Crippen LogP contribution in [-0.2, 0) is 6.54 Å². The maximum Gasteiger partial charge on any atom is 0.193 e. The molecule has 0 atom stereocenters. The summed E-state index contributed by atoms with van der Waals surface area (Å²) in [4.78, 5) is 6.42. The minimum atomic E-state index is 0.632. The smallest absolute Gasteiger partial charge is 0.193 e. The lowest BCUT2D eigenvalue weighted by atomic mass is 10.2. The largest absolute Gasteiger partial charge is 0.459 e. The Bertz CT molecular complexity index is 582. The molecule has 2 aromatic rings. The molecule has 4 heteroatoms. The van der Waals surface area contributed by atoms with Crippen LogP contribution in [0.25, 0.3) is 11.0 Å². The second kappa shape index (κ2) is 7.53. The van der Waals surface area contributed by atoms with Crippen LogP contribution in [0.4, 0.5) is 0 Å². The van der Waals surface area contributed by atoms with Crippen LogP contribution in [-0.4, -0.2) is 31.5 Å². The molecule has 0 aliphatic heterocycles. The lowest BCUT2D eigenvalue weighted by Gasteiger charge is -2.21. The molecule has 1 aromatic heterocycles. The normalized spacial score (nSPS) is 11.6. The molecular formula is C17H23N3O. The number of fused-ring (bicyclic) bond motifs is 1. The molecule has 112 valence electrons. The minimum Gasteiger partial charge on any atom is -0.459 e. The van der Waals surface area contributed by atoms with Gasteiger partial charge >= 0.3 is 0 Å². The topological polar surface area (TPSA) is 40.8 Å². The Balaban J connectivity index is 1.91. The van der Waals surface area contributed by atoms with Crippen molar-refractivity contribution >= 4 is 16.9 Å². The zero-order valence-corrected chi connectivity index (χ0v) is 12.8. The number of unbranched alkanes of at least 4 members (excludes halogenated alkanes) is 1. The van der Waals surface area contributed by atoms with E-state index in [-0.39, 0.29) is 0 Å². The van der Waals surface area contributed by atoms with E-state index in [4.69, 9.17) is 4.42 Å². The number of para-hydroxylation sites is 1. The van der Waals surface area contributed by atoms with Crippen molar-refractivity contribution in [2.75, 3.05) is 20.6 Å². The van der Waals surface area contributed by atoms with Crippen molar-refractivity contribution in [2.24, 2.45) is 4.99 Å². The summed E-state index contributed by atoms with van der Waals surface area (Å²) in [6.45, 7) is 5.32. The molecule has 1 heterocycles. The Hall–Kier alpha value is -2.23. The van der Waals surface area contributed by atoms with Crippen LogP contribution < -0.4 is 5.32 Å². The SMILES string of the molecule is C=CCCCN(C)C(=NC)NCc1cc2ccccc2o1. The minimum absolute atomic E-state index is 0.632. The number of guanidine groups is 1. The van der Waals surface area contributed by atoms with Gasteiger partial charge in [-0.1, -0.05) is 24.3 Å². The third-order valence-corrected chi connectivity index (χ3v) is 3.37. The number of nitrogens with one attached hydrogen (secondary N) is 1. The van der Waals surface area contributed by atoms with Crippen LogP contribution >= 0.6 is 0 Å². The second-order valence-electron chi connectivity index (χ2n) is 5.00. The van der Waals surface area contributed by atoms with E-state index < -0.39 is 0 Å². The van der Waals surface area contributed by atoms with Crippen LogP contribution in [0.1, 0.15) is 18.6 Å². The first-order valence-electron chi connectivity index (χ1n) is 7.24. The van der Waals surface area contributed by atoms with Crippen molar-refractivity contribution in [2.45, 2.75) is 19.4 Å². The predicted molar refractivity (Wildman–Crippen MR) is 88.5 cm³/mol. The van der Waals surface area contributed by atoms with E-state index in [1.807, 2.05) is 31.3 Å². The highest BCUT2D eigenvalue weighted by Crippen LogP contribution is 2.18. The number of hydrogen-bond acceptors (Lipinski definition) is 2. The summed E-state index contributed by atoms with van der Waals surface area (Å²) in [6.07, 6.45) is 4.04. The molecular weight excluding hydrogens is 262 g/mol. The van der Waals surface area contributed by atoms with Crippen molar-refractivity contribution in [1.82, 2.24) is 10.2 Å². The summed E-state index contributed by atoms with van der Waals surface area (Å²) < 4.78 is 5.79. The fourth-order valence-electron chi connectivity index (χ4n) is 2.25. The van der Waals surface area contributed by atoms with Gasteiger partial charge < -0.3 is 14.6 Å². The lowest BCUT2D eigenvalue weighted by molar-refractivity contribution is 0.461. The molecule has 0 aliphatic carbocycles. The predicted octanol–water partition coefficient (Wildman–Crippen LogP) is 3.41. The molecule has 2 rings (SSSR count). The number of hydrogen-bond donors (Lipinski definition) is 1. The fourth-order valence-corrected chi connectivity index (χ4v) is 2.25. The Kier molecular flexibility index (Phi) is 5.43. The highest BCUT2D eigenvalue weighted by atomic mass is 16.3. The van der Waals surface area contributed by atoms with Gasteiger partial charge in [0.1, 0.15) is 11.3 Å². The second-order valence-corrected chi connectivity index (χ2v) is 5.00. The molecule has 0 fully saturated rings. The van der Waals surface area contributed by atoms with Crippen LogP contribution in [0.5, 0.6) is 0 Å². The number of furan rings is 1. The average Bonchev–Trinajstić information content (AvgIpc) is 2.91. The van der Waals surface area contributed by atoms with Crippen LogP contribution in [0.2, 0.25) is 0 Å². The van der Waals surface area contributed by atoms with Gasteiger partial charge in [-0.05, 0) is 25.0 Å². The molecule has 0 aliphatic rings. The van der Waals surface area contributed by atoms with Gasteiger partial charge in [-0.2, -0.15) is 0 Å². The van der Waals surface area contributed by atoms with E-state index in [9.17, 15) is 0 Å². The maximum atomic E-state index is 5.79. The summed E-state index contributed by atoms with van der Waals surface area (Å²) in [5.41, 5.74) is 0.920. The lowest BCUT2D eigenvalue weighted by Crippen LogP contribution is -2.38. The van der Waals surface area contributed by atoms with Crippen LogP contribution in [0.15, 0.2) is 52.4 Å². The summed E-state index contributed by atoms with van der Waals surface area (Å²) in [5, 5.41) is 4.46. The first-order chi connectivity index (χ1) is 10.2. The van der Waals surface area contributed by atoms with Gasteiger partial charge in [-0.15, -0.1) is 6.58 Å². The van der Waals surface area contributed by atoms with Crippen LogP contribution in [0, 0.1) is 0 Å². The van der Waals surface area contributed by atoms with Crippen molar-refractivity contribution in [1.29, 1.82) is 0 Å². The van der Waals surface area contributed by atoms with E-state index in [1.54, 1.807) is 7.05 Å². The third kappa shape index (κ3) is 4.12. The van der Waals surface area contributed by atoms with E-state index in [2.05, 4.69) is 33.9 Å². The van der Waals surface area contributed by atoms with Gasteiger partial charge in [0, 0.05) is 26.0 Å². The molecule has 4 nitrogen and oxygen atoms in total. The Morgan fingerprint density at radius 3 is 2.95 bits per heavy atom. The van der Waals surface area contributed by atoms with Gasteiger partial charge in [0.05, 0.1) is 6.54 Å². The van der Waals surface area contributed by atoms with E-state index in [1.165, 1.54) is 0 Å². The number of benzene rings is 1. The van der Waals surface area contributed by atoms with Crippen molar-refractivity contribution in [3.63, 3.8) is 0 Å². The molecule has 0 unspecified atom stereocenters. The average molecular weight is 285 g/mol. The van der Waals surface area contributed by atoms with Crippen molar-refractivity contribution in [3.8, 4) is 0 Å². The summed E-state index contributed by atoms with van der Waals surface area (Å²) in [7, 11) is 3.84. The monoisotopic (exact) mass is 285 g/mol. The molecule has 0 saturated carbocycles. The molecule has 0 saturated heterocycles. The molecule has 0 radical (unpaired) electrons. The van der Waals surface area contributed by atoms with Gasteiger partial charge in [0.25, 0.3) is 0 Å². The van der Waals surface area contributed by atoms with Gasteiger partial charge in [-0.3, -0.25) is 4.99 Å². The highest BCUT2D eigenvalue weighted by molar-refractivity contribution is 5.80. The standard InChI is InChI=1S/C17H23N3O/c1-4-5-8-11-20(3)17(18-2)19-13-15-12-14-9-6-7-10-16(14)21-15/h4,6-7,9-10,12H,1,5,8,11,13H2,2-3H3,(H,18,19). The third-order valence-electron chi connectivity index (χ3n) is 3.37. The molecule has 0 spiro atoms. The zero-order valence-electron chi connectivity index (χ0n) is 12.8. The number of allylic oxidation sites excluding steroid dienone is 1. The van der Waals surface area contributed by atoms with Crippen molar-refractivity contribution < 1.29 is 4.42 Å². The quantitative estimate of drug-likeness (QED) is 0.383. The first-order valence-corrected chi connectivity index (χ1v) is 7.24. The number of rotatable bonds is 6. The molecule has 0 bridgehead atoms. The highest BCUT2D eigenvalue weighted by Gasteiger charge is 2.07. The summed E-state index contributed by atoms with van der Waals surface area (Å²) in [6, 6.07) is 10.1. The summed E-state index contributed by atoms with van der Waals surface area (Å²) in [5.74, 6) is 1.79. The molecule has 0 amide bonds. The fraction of sp³-hybridized carbons (Fsp3) is 0.353. The molecule has 1 aromatic carbocycles. The summed E-state index contributed by atoms with van der Waals surface area (Å²) >= 11 is 0.